The summed E-state index contributed by atoms with van der Waals surface area (Å²) in [6, 6.07) is 14.6. The number of carboxylic acid groups (broad SMARTS) is 1. The highest BCUT2D eigenvalue weighted by Gasteiger charge is 2.44. The van der Waals surface area contributed by atoms with Crippen LogP contribution in [0.2, 0.25) is 5.02 Å². The molecule has 1 fully saturated rings. The molecule has 41 heavy (non-hydrogen) atoms. The normalized spacial score (nSPS) is 19.6. The summed E-state index contributed by atoms with van der Waals surface area (Å²) >= 11 is 6.45. The van der Waals surface area contributed by atoms with Gasteiger partial charge in [-0.3, -0.25) is 0 Å². The lowest BCUT2D eigenvalue weighted by Crippen LogP contribution is -2.43. The zero-order chi connectivity index (χ0) is 29.0. The molecule has 11 heteroatoms. The Morgan fingerprint density at radius 3 is 2.68 bits per heavy atom. The van der Waals surface area contributed by atoms with Crippen molar-refractivity contribution in [3.63, 3.8) is 0 Å². The van der Waals surface area contributed by atoms with Gasteiger partial charge in [0.25, 0.3) is 0 Å². The van der Waals surface area contributed by atoms with E-state index in [1.54, 1.807) is 30.3 Å². The number of rotatable bonds is 9. The fraction of sp³-hybridized carbons (Fsp3) is 0.333. The molecule has 0 radical (unpaired) electrons. The third-order valence-corrected chi connectivity index (χ3v) is 7.51. The molecule has 1 unspecified atom stereocenters. The number of hydrogen-bond donors (Lipinski definition) is 2. The van der Waals surface area contributed by atoms with Gasteiger partial charge >= 0.3 is 6.09 Å². The van der Waals surface area contributed by atoms with Gasteiger partial charge in [-0.2, -0.15) is 5.26 Å². The Labute approximate surface area is 240 Å². The van der Waals surface area contributed by atoms with Gasteiger partial charge in [0.1, 0.15) is 18.2 Å². The number of ether oxygens (including phenoxy) is 4. The van der Waals surface area contributed by atoms with Crippen LogP contribution in [-0.2, 0) is 21.5 Å². The van der Waals surface area contributed by atoms with E-state index in [2.05, 4.69) is 5.32 Å². The van der Waals surface area contributed by atoms with Crippen LogP contribution in [0.5, 0.6) is 11.5 Å². The van der Waals surface area contributed by atoms with Gasteiger partial charge in [-0.05, 0) is 37.0 Å². The molecule has 0 aromatic heterocycles. The van der Waals surface area contributed by atoms with E-state index in [9.17, 15) is 15.2 Å². The molecular formula is C30H27ClF2N2O6. The molecule has 2 aliphatic heterocycles. The molecule has 0 aliphatic carbocycles. The van der Waals surface area contributed by atoms with E-state index in [-0.39, 0.29) is 60.7 Å². The first kappa shape index (κ1) is 28.6. The van der Waals surface area contributed by atoms with Crippen molar-refractivity contribution < 1.29 is 37.6 Å². The van der Waals surface area contributed by atoms with Crippen LogP contribution in [-0.4, -0.2) is 43.9 Å². The Hall–Kier alpha value is -3.91. The summed E-state index contributed by atoms with van der Waals surface area (Å²) in [5.74, 6) is -1.88. The number of amides is 1. The molecular weight excluding hydrogens is 558 g/mol. The van der Waals surface area contributed by atoms with Crippen molar-refractivity contribution in [2.75, 3.05) is 26.4 Å². The molecule has 3 aromatic rings. The van der Waals surface area contributed by atoms with E-state index < -0.39 is 28.4 Å². The minimum atomic E-state index is -1.27. The Bertz CT molecular complexity index is 1480. The van der Waals surface area contributed by atoms with Gasteiger partial charge in [-0.1, -0.05) is 41.9 Å². The van der Waals surface area contributed by atoms with Crippen molar-refractivity contribution in [2.45, 2.75) is 37.6 Å². The van der Waals surface area contributed by atoms with Crippen LogP contribution >= 0.6 is 11.6 Å². The van der Waals surface area contributed by atoms with Crippen molar-refractivity contribution >= 4 is 17.7 Å². The lowest BCUT2D eigenvalue weighted by molar-refractivity contribution is -0.165. The third kappa shape index (κ3) is 5.93. The van der Waals surface area contributed by atoms with Crippen LogP contribution in [0, 0.1) is 23.0 Å². The van der Waals surface area contributed by atoms with E-state index in [1.807, 2.05) is 6.07 Å². The molecule has 1 saturated heterocycles. The van der Waals surface area contributed by atoms with Crippen LogP contribution in [0.4, 0.5) is 13.6 Å². The van der Waals surface area contributed by atoms with E-state index in [0.29, 0.717) is 17.7 Å². The summed E-state index contributed by atoms with van der Waals surface area (Å²) in [7, 11) is 0. The molecule has 214 valence electrons. The molecule has 2 atom stereocenters. The maximum atomic E-state index is 16.1. The summed E-state index contributed by atoms with van der Waals surface area (Å²) in [4.78, 5) is 11.4. The average Bonchev–Trinajstić information content (AvgIpc) is 3.36. The number of benzene rings is 3. The zero-order valence-corrected chi connectivity index (χ0v) is 22.7. The summed E-state index contributed by atoms with van der Waals surface area (Å²) in [6.45, 7) is 0.610. The van der Waals surface area contributed by atoms with E-state index in [1.165, 1.54) is 12.1 Å². The van der Waals surface area contributed by atoms with Crippen LogP contribution in [0.15, 0.2) is 48.5 Å². The molecule has 8 nitrogen and oxygen atoms in total. The third-order valence-electron chi connectivity index (χ3n) is 7.14. The summed E-state index contributed by atoms with van der Waals surface area (Å²) in [6.07, 6.45) is 1.17. The Kier molecular flexibility index (Phi) is 8.59. The van der Waals surface area contributed by atoms with Gasteiger partial charge in [0.05, 0.1) is 29.8 Å². The van der Waals surface area contributed by atoms with Gasteiger partial charge in [0, 0.05) is 35.8 Å². The quantitative estimate of drug-likeness (QED) is 0.289. The summed E-state index contributed by atoms with van der Waals surface area (Å²) in [5, 5.41) is 21.1. The predicted octanol–water partition coefficient (Wildman–Crippen LogP) is 6.18. The topological polar surface area (TPSA) is 110 Å². The van der Waals surface area contributed by atoms with Gasteiger partial charge in [-0.25, -0.2) is 13.6 Å². The number of hydrogen-bond acceptors (Lipinski definition) is 6. The minimum absolute atomic E-state index is 0.0121. The monoisotopic (exact) mass is 584 g/mol. The lowest BCUT2D eigenvalue weighted by Gasteiger charge is -2.29. The average molecular weight is 585 g/mol. The zero-order valence-electron chi connectivity index (χ0n) is 21.9. The minimum Gasteiger partial charge on any atom is -0.488 e. The van der Waals surface area contributed by atoms with Crippen molar-refractivity contribution in [1.29, 1.82) is 5.26 Å². The smallest absolute Gasteiger partial charge is 0.404 e. The van der Waals surface area contributed by atoms with Gasteiger partial charge in [0.2, 0.25) is 0 Å². The summed E-state index contributed by atoms with van der Waals surface area (Å²) < 4.78 is 54.3. The van der Waals surface area contributed by atoms with Crippen molar-refractivity contribution in [3.8, 4) is 28.7 Å². The molecule has 5 rings (SSSR count). The fourth-order valence-electron chi connectivity index (χ4n) is 5.20. The Balaban J connectivity index is 1.51. The number of nitriles is 1. The SMILES string of the molecule is N#Cc1ccc(OCCOC2CCCCO2)c(F)c1-c1c(Cl)c(F)cc2c1C[C@@](CNC(=O)O)(c1ccccc1)O2. The van der Waals surface area contributed by atoms with Crippen molar-refractivity contribution in [1.82, 2.24) is 5.32 Å². The first-order valence-corrected chi connectivity index (χ1v) is 13.5. The molecule has 3 aromatic carbocycles. The molecule has 1 amide bonds. The molecule has 2 N–H and O–H groups in total. The first-order chi connectivity index (χ1) is 19.8. The van der Waals surface area contributed by atoms with Crippen LogP contribution in [0.25, 0.3) is 11.1 Å². The van der Waals surface area contributed by atoms with Gasteiger partial charge in [0.15, 0.2) is 23.5 Å². The van der Waals surface area contributed by atoms with E-state index in [0.717, 1.165) is 25.3 Å². The number of carbonyl (C=O) groups is 1. The highest BCUT2D eigenvalue weighted by molar-refractivity contribution is 6.34. The van der Waals surface area contributed by atoms with Crippen molar-refractivity contribution in [2.24, 2.45) is 0 Å². The van der Waals surface area contributed by atoms with Crippen LogP contribution in [0.1, 0.15) is 36.0 Å². The maximum Gasteiger partial charge on any atom is 0.404 e. The maximum absolute atomic E-state index is 16.1. The number of fused-ring (bicyclic) bond motifs is 1. The Morgan fingerprint density at radius 2 is 1.98 bits per heavy atom. The standard InChI is InChI=1S/C30H27ClF2N2O6/c31-27-21(32)14-23-20(15-30(41-23,17-35-29(36)37)19-6-2-1-3-7-19)26(27)25-18(16-34)9-10-22(28(25)33)38-12-13-40-24-8-4-5-11-39-24/h1-3,6-7,9-10,14,24,35H,4-5,8,11-13,15,17H2,(H,36,37)/t24?,30-/m1/s1. The Morgan fingerprint density at radius 1 is 1.17 bits per heavy atom. The van der Waals surface area contributed by atoms with Gasteiger partial charge in [-0.15, -0.1) is 0 Å². The largest absolute Gasteiger partial charge is 0.488 e. The fourth-order valence-corrected chi connectivity index (χ4v) is 5.46. The second-order valence-corrected chi connectivity index (χ2v) is 10.1. The van der Waals surface area contributed by atoms with Crippen LogP contribution in [0.3, 0.4) is 0 Å². The molecule has 2 aliphatic rings. The van der Waals surface area contributed by atoms with Crippen LogP contribution < -0.4 is 14.8 Å². The first-order valence-electron chi connectivity index (χ1n) is 13.1. The van der Waals surface area contributed by atoms with E-state index >= 15 is 8.78 Å². The molecule has 0 saturated carbocycles. The van der Waals surface area contributed by atoms with Gasteiger partial charge < -0.3 is 29.4 Å². The second-order valence-electron chi connectivity index (χ2n) is 9.75. The number of nitrogens with zero attached hydrogens (tertiary/aromatic N) is 1. The highest BCUT2D eigenvalue weighted by atomic mass is 35.5. The molecule has 0 spiro atoms. The number of halogens is 3. The van der Waals surface area contributed by atoms with E-state index in [4.69, 9.17) is 30.5 Å². The van der Waals surface area contributed by atoms with Crippen molar-refractivity contribution in [3.05, 3.63) is 81.9 Å². The second kappa shape index (κ2) is 12.3. The molecule has 2 heterocycles. The summed E-state index contributed by atoms with van der Waals surface area (Å²) in [5.41, 5.74) is -0.700. The molecule has 0 bridgehead atoms. The number of nitrogens with one attached hydrogen (secondary N) is 1. The highest BCUT2D eigenvalue weighted by Crippen LogP contribution is 2.50. The lowest BCUT2D eigenvalue weighted by atomic mass is 9.85. The predicted molar refractivity (Wildman–Crippen MR) is 145 cm³/mol.